The van der Waals surface area contributed by atoms with Gasteiger partial charge in [-0.25, -0.2) is 0 Å². The van der Waals surface area contributed by atoms with E-state index in [1.807, 2.05) is 12.2 Å². The van der Waals surface area contributed by atoms with Crippen LogP contribution >= 0.6 is 0 Å². The Bertz CT molecular complexity index is 746. The summed E-state index contributed by atoms with van der Waals surface area (Å²) in [4.78, 5) is 53.3. The Labute approximate surface area is 223 Å². The maximum atomic E-state index is 12.2. The molecule has 0 aliphatic heterocycles. The van der Waals surface area contributed by atoms with E-state index in [2.05, 4.69) is 21.9 Å². The second kappa shape index (κ2) is 19.3. The zero-order valence-electron chi connectivity index (χ0n) is 22.2. The van der Waals surface area contributed by atoms with Gasteiger partial charge in [0.25, 0.3) is 10.2 Å². The van der Waals surface area contributed by atoms with Gasteiger partial charge >= 0.3 is 0 Å². The second-order valence-electron chi connectivity index (χ2n) is 9.84. The first-order valence-corrected chi connectivity index (χ1v) is 13.5. The van der Waals surface area contributed by atoms with Crippen molar-refractivity contribution < 1.29 is 39.7 Å². The van der Waals surface area contributed by atoms with Crippen molar-refractivity contribution in [3.05, 3.63) is 32.4 Å². The monoisotopic (exact) mass is 545 g/mol. The number of amides is 1. The minimum absolute atomic E-state index is 0.0890. The summed E-state index contributed by atoms with van der Waals surface area (Å²) in [6.45, 7) is 0.998. The standard InChI is InChI=1S/C25H43N3O10/c1-2-3-4-5-8-11-20(29)14-15-22-21(23(30)16-24(22)31)12-9-6-7-10-13-25(32)26-19(17-37-27(33)34)18-38-28(35)36/h6,9,19,21-24,30-31H,2-5,7-8,10-18H2,1H3,(H,26,32)/b9-6-/t21-,22-,23+,24-/m1/s1. The number of carbonyl (C=O) groups excluding carboxylic acids is 2. The van der Waals surface area contributed by atoms with Gasteiger partial charge in [-0.3, -0.25) is 9.59 Å². The van der Waals surface area contributed by atoms with Crippen molar-refractivity contribution in [2.75, 3.05) is 13.2 Å². The Morgan fingerprint density at radius 2 is 1.55 bits per heavy atom. The normalized spacial score (nSPS) is 21.1. The summed E-state index contributed by atoms with van der Waals surface area (Å²) in [5.41, 5.74) is 0. The third-order valence-electron chi connectivity index (χ3n) is 6.81. The molecule has 0 heterocycles. The average Bonchev–Trinajstić information content (AvgIpc) is 3.12. The van der Waals surface area contributed by atoms with Gasteiger partial charge in [-0.15, -0.1) is 20.2 Å². The highest BCUT2D eigenvalue weighted by molar-refractivity contribution is 5.78. The fraction of sp³-hybridized carbons (Fsp3) is 0.840. The van der Waals surface area contributed by atoms with Crippen molar-refractivity contribution in [1.29, 1.82) is 0 Å². The third-order valence-corrected chi connectivity index (χ3v) is 6.81. The predicted octanol–water partition coefficient (Wildman–Crippen LogP) is 3.07. The molecule has 1 fully saturated rings. The Morgan fingerprint density at radius 1 is 0.921 bits per heavy atom. The molecule has 38 heavy (non-hydrogen) atoms. The molecule has 0 spiro atoms. The molecular weight excluding hydrogens is 502 g/mol. The lowest BCUT2D eigenvalue weighted by Crippen LogP contribution is -2.42. The molecule has 1 aliphatic rings. The lowest BCUT2D eigenvalue weighted by molar-refractivity contribution is -0.766. The van der Waals surface area contributed by atoms with E-state index in [9.17, 15) is 40.0 Å². The van der Waals surface area contributed by atoms with Crippen LogP contribution in [0.15, 0.2) is 12.2 Å². The molecule has 1 saturated carbocycles. The van der Waals surface area contributed by atoms with Gasteiger partial charge in [0, 0.05) is 19.3 Å². The number of aliphatic hydroxyl groups excluding tert-OH is 2. The molecule has 218 valence electrons. The molecule has 13 heteroatoms. The largest absolute Gasteiger partial charge is 0.393 e. The van der Waals surface area contributed by atoms with Gasteiger partial charge in [0.05, 0.1) is 18.2 Å². The van der Waals surface area contributed by atoms with E-state index in [0.29, 0.717) is 44.9 Å². The predicted molar refractivity (Wildman–Crippen MR) is 137 cm³/mol. The van der Waals surface area contributed by atoms with Crippen LogP contribution in [0.25, 0.3) is 0 Å². The van der Waals surface area contributed by atoms with Crippen LogP contribution in [0.2, 0.25) is 0 Å². The van der Waals surface area contributed by atoms with Gasteiger partial charge in [0.2, 0.25) is 5.91 Å². The van der Waals surface area contributed by atoms with Gasteiger partial charge in [-0.05, 0) is 50.4 Å². The van der Waals surface area contributed by atoms with Crippen LogP contribution < -0.4 is 5.32 Å². The average molecular weight is 546 g/mol. The van der Waals surface area contributed by atoms with Gasteiger partial charge in [0.1, 0.15) is 19.0 Å². The van der Waals surface area contributed by atoms with Crippen LogP contribution in [0.3, 0.4) is 0 Å². The molecule has 0 aromatic carbocycles. The zero-order valence-corrected chi connectivity index (χ0v) is 22.2. The second-order valence-corrected chi connectivity index (χ2v) is 9.84. The van der Waals surface area contributed by atoms with E-state index in [1.165, 1.54) is 6.42 Å². The number of hydrogen-bond donors (Lipinski definition) is 3. The number of Topliss-reactive ketones (excluding diaryl/α,β-unsaturated/α-hetero) is 1. The van der Waals surface area contributed by atoms with Crippen LogP contribution in [0, 0.1) is 32.1 Å². The lowest BCUT2D eigenvalue weighted by atomic mass is 9.86. The van der Waals surface area contributed by atoms with Crippen molar-refractivity contribution in [3.63, 3.8) is 0 Å². The van der Waals surface area contributed by atoms with Gasteiger partial charge in [0.15, 0.2) is 0 Å². The van der Waals surface area contributed by atoms with E-state index in [-0.39, 0.29) is 24.0 Å². The molecule has 0 saturated heterocycles. The fourth-order valence-corrected chi connectivity index (χ4v) is 4.77. The molecule has 0 aromatic heterocycles. The number of rotatable bonds is 22. The number of hydrogen-bond acceptors (Lipinski definition) is 10. The number of carbonyl (C=O) groups is 2. The maximum absolute atomic E-state index is 12.2. The Balaban J connectivity index is 2.36. The van der Waals surface area contributed by atoms with E-state index in [4.69, 9.17) is 0 Å². The molecule has 0 unspecified atom stereocenters. The van der Waals surface area contributed by atoms with Crippen LogP contribution in [0.1, 0.15) is 90.4 Å². The third kappa shape index (κ3) is 14.8. The number of nitrogens with one attached hydrogen (secondary N) is 1. The Morgan fingerprint density at radius 3 is 2.18 bits per heavy atom. The molecule has 13 nitrogen and oxygen atoms in total. The van der Waals surface area contributed by atoms with Crippen molar-refractivity contribution >= 4 is 11.7 Å². The fourth-order valence-electron chi connectivity index (χ4n) is 4.77. The summed E-state index contributed by atoms with van der Waals surface area (Å²) in [6, 6.07) is -1.05. The van der Waals surface area contributed by atoms with E-state index in [1.54, 1.807) is 0 Å². The molecule has 1 amide bonds. The number of aliphatic hydroxyl groups is 2. The smallest absolute Gasteiger partial charge is 0.294 e. The number of unbranched alkanes of at least 4 members (excludes halogenated alkanes) is 5. The zero-order chi connectivity index (χ0) is 28.3. The van der Waals surface area contributed by atoms with Crippen LogP contribution in [0.4, 0.5) is 0 Å². The molecule has 0 bridgehead atoms. The van der Waals surface area contributed by atoms with Gasteiger partial charge in [-0.1, -0.05) is 44.8 Å². The Kier molecular flexibility index (Phi) is 16.9. The quantitative estimate of drug-likeness (QED) is 0.0788. The molecular formula is C25H43N3O10. The van der Waals surface area contributed by atoms with E-state index < -0.39 is 47.5 Å². The van der Waals surface area contributed by atoms with Crippen LogP contribution in [-0.4, -0.2) is 63.5 Å². The summed E-state index contributed by atoms with van der Waals surface area (Å²) in [7, 11) is 0. The molecule has 0 radical (unpaired) electrons. The number of allylic oxidation sites excluding steroid dienone is 2. The molecule has 0 aromatic rings. The summed E-state index contributed by atoms with van der Waals surface area (Å²) in [5, 5.41) is 41.7. The first-order valence-electron chi connectivity index (χ1n) is 13.5. The minimum Gasteiger partial charge on any atom is -0.393 e. The molecule has 1 aliphatic carbocycles. The minimum atomic E-state index is -1.06. The maximum Gasteiger partial charge on any atom is 0.294 e. The van der Waals surface area contributed by atoms with Crippen molar-refractivity contribution in [2.24, 2.45) is 11.8 Å². The molecule has 3 N–H and O–H groups in total. The van der Waals surface area contributed by atoms with Crippen molar-refractivity contribution in [1.82, 2.24) is 5.32 Å². The first-order chi connectivity index (χ1) is 18.1. The summed E-state index contributed by atoms with van der Waals surface area (Å²) >= 11 is 0. The van der Waals surface area contributed by atoms with E-state index in [0.717, 1.165) is 25.7 Å². The highest BCUT2D eigenvalue weighted by Gasteiger charge is 2.40. The number of ketones is 1. The van der Waals surface area contributed by atoms with E-state index >= 15 is 0 Å². The van der Waals surface area contributed by atoms with Gasteiger partial charge in [-0.2, -0.15) is 0 Å². The van der Waals surface area contributed by atoms with Crippen molar-refractivity contribution in [3.8, 4) is 0 Å². The highest BCUT2D eigenvalue weighted by Crippen LogP contribution is 2.38. The van der Waals surface area contributed by atoms with Crippen LogP contribution in [0.5, 0.6) is 0 Å². The number of nitrogens with zero attached hydrogens (tertiary/aromatic N) is 2. The highest BCUT2D eigenvalue weighted by atomic mass is 17.0. The summed E-state index contributed by atoms with van der Waals surface area (Å²) in [5.74, 6) is -0.512. The van der Waals surface area contributed by atoms with Gasteiger partial charge < -0.3 is 25.2 Å². The lowest BCUT2D eigenvalue weighted by Gasteiger charge is -2.22. The van der Waals surface area contributed by atoms with Crippen LogP contribution in [-0.2, 0) is 19.3 Å². The van der Waals surface area contributed by atoms with Crippen molar-refractivity contribution in [2.45, 2.75) is 109 Å². The summed E-state index contributed by atoms with van der Waals surface area (Å²) < 4.78 is 0. The molecule has 1 rings (SSSR count). The topological polar surface area (TPSA) is 191 Å². The molecule has 4 atom stereocenters. The summed E-state index contributed by atoms with van der Waals surface area (Å²) in [6.07, 6.45) is 11.5. The Hall–Kier alpha value is -2.80. The SMILES string of the molecule is CCCCCCCC(=O)CC[C@@H]1[C@@H](C/C=C\CCCC(=O)NC(CO[N+](=O)[O-])CO[N+](=O)[O-])[C@@H](O)C[C@H]1O. The first kappa shape index (κ1) is 33.2.